The molecule has 27 heavy (non-hydrogen) atoms. The molecule has 0 atom stereocenters. The van der Waals surface area contributed by atoms with E-state index in [4.69, 9.17) is 0 Å². The number of aromatic nitrogens is 4. The fourth-order valence-corrected chi connectivity index (χ4v) is 3.19. The summed E-state index contributed by atoms with van der Waals surface area (Å²) in [7, 11) is 0. The number of hydrogen-bond donors (Lipinski definition) is 4. The second-order valence-corrected chi connectivity index (χ2v) is 6.39. The van der Waals surface area contributed by atoms with Gasteiger partial charge in [0.1, 0.15) is 29.4 Å². The average molecular weight is 367 g/mol. The summed E-state index contributed by atoms with van der Waals surface area (Å²) in [6, 6.07) is 2.35. The zero-order valence-corrected chi connectivity index (χ0v) is 14.3. The van der Waals surface area contributed by atoms with Crippen molar-refractivity contribution in [1.29, 1.82) is 0 Å². The molecule has 138 valence electrons. The Hall–Kier alpha value is -3.46. The van der Waals surface area contributed by atoms with Crippen LogP contribution in [0.25, 0.3) is 11.4 Å². The maximum Gasteiger partial charge on any atom is 0.255 e. The molecule has 9 heteroatoms. The lowest BCUT2D eigenvalue weighted by molar-refractivity contribution is 0.235. The van der Waals surface area contributed by atoms with Gasteiger partial charge >= 0.3 is 0 Å². The molecular formula is C18H17N5O4. The van der Waals surface area contributed by atoms with E-state index in [1.165, 1.54) is 18.5 Å². The van der Waals surface area contributed by atoms with Gasteiger partial charge in [-0.05, 0) is 0 Å². The van der Waals surface area contributed by atoms with Crippen molar-refractivity contribution >= 4 is 0 Å². The lowest BCUT2D eigenvalue weighted by atomic mass is 10.0. The van der Waals surface area contributed by atoms with E-state index in [0.717, 1.165) is 0 Å². The smallest absolute Gasteiger partial charge is 0.255 e. The molecule has 0 unspecified atom stereocenters. The minimum absolute atomic E-state index is 0.190. The van der Waals surface area contributed by atoms with Crippen LogP contribution in [-0.4, -0.2) is 46.7 Å². The summed E-state index contributed by atoms with van der Waals surface area (Å²) >= 11 is 0. The Morgan fingerprint density at radius 2 is 1.81 bits per heavy atom. The number of nitrogens with zero attached hydrogens (tertiary/aromatic N) is 4. The predicted octanol–water partition coefficient (Wildman–Crippen LogP) is 0.902. The molecule has 9 nitrogen and oxygen atoms in total. The van der Waals surface area contributed by atoms with Gasteiger partial charge in [0.05, 0.1) is 16.8 Å². The van der Waals surface area contributed by atoms with Crippen LogP contribution >= 0.6 is 0 Å². The number of phenolic OH excluding ortho intramolecular Hbond substituents is 3. The van der Waals surface area contributed by atoms with Crippen LogP contribution in [0, 0.1) is 0 Å². The van der Waals surface area contributed by atoms with Crippen LogP contribution in [-0.2, 0) is 19.5 Å². The topological polar surface area (TPSA) is 135 Å². The zero-order valence-electron chi connectivity index (χ0n) is 14.3. The third kappa shape index (κ3) is 3.32. The summed E-state index contributed by atoms with van der Waals surface area (Å²) in [5, 5.41) is 29.4. The van der Waals surface area contributed by atoms with E-state index in [2.05, 4.69) is 19.9 Å². The summed E-state index contributed by atoms with van der Waals surface area (Å²) < 4.78 is 0. The van der Waals surface area contributed by atoms with Crippen molar-refractivity contribution in [2.24, 2.45) is 0 Å². The van der Waals surface area contributed by atoms with Crippen LogP contribution in [0.5, 0.6) is 17.2 Å². The van der Waals surface area contributed by atoms with Gasteiger partial charge in [-0.1, -0.05) is 0 Å². The molecule has 1 aromatic carbocycles. The first-order chi connectivity index (χ1) is 13.0. The summed E-state index contributed by atoms with van der Waals surface area (Å²) in [6.45, 7) is 1.18. The number of phenols is 3. The fraction of sp³-hybridized carbons (Fsp3) is 0.222. The van der Waals surface area contributed by atoms with Gasteiger partial charge in [-0.2, -0.15) is 0 Å². The number of rotatable bonds is 3. The molecule has 4 rings (SSSR count). The second kappa shape index (κ2) is 6.69. The van der Waals surface area contributed by atoms with Crippen LogP contribution in [0.2, 0.25) is 0 Å². The van der Waals surface area contributed by atoms with E-state index in [1.54, 1.807) is 12.4 Å². The maximum atomic E-state index is 12.5. The normalized spacial score (nSPS) is 14.1. The van der Waals surface area contributed by atoms with Gasteiger partial charge in [0, 0.05) is 56.1 Å². The average Bonchev–Trinajstić information content (AvgIpc) is 2.65. The van der Waals surface area contributed by atoms with Crippen molar-refractivity contribution < 1.29 is 15.3 Å². The highest BCUT2D eigenvalue weighted by Crippen LogP contribution is 2.33. The van der Waals surface area contributed by atoms with E-state index < -0.39 is 0 Å². The first-order valence-corrected chi connectivity index (χ1v) is 8.35. The number of aromatic hydroxyl groups is 3. The van der Waals surface area contributed by atoms with E-state index in [1.807, 2.05) is 4.90 Å². The van der Waals surface area contributed by atoms with E-state index >= 15 is 0 Å². The SMILES string of the molecule is O=c1[nH]c(-c2cncnc2)nc2c1CN(Cc1c(O)cc(O)cc1O)CC2. The zero-order chi connectivity index (χ0) is 19.0. The Bertz CT molecular complexity index is 1030. The lowest BCUT2D eigenvalue weighted by Gasteiger charge is -2.28. The Balaban J connectivity index is 1.60. The highest BCUT2D eigenvalue weighted by Gasteiger charge is 2.23. The molecule has 0 amide bonds. The molecule has 0 radical (unpaired) electrons. The summed E-state index contributed by atoms with van der Waals surface area (Å²) in [4.78, 5) is 29.6. The standard InChI is InChI=1S/C18H17N5O4/c24-11-3-15(25)13(16(26)4-11)8-23-2-1-14-12(7-23)18(27)22-17(21-14)10-5-19-9-20-6-10/h3-6,9,24-26H,1-2,7-8H2,(H,21,22,27). The summed E-state index contributed by atoms with van der Waals surface area (Å²) in [6.07, 6.45) is 5.14. The summed E-state index contributed by atoms with van der Waals surface area (Å²) in [5.41, 5.74) is 1.98. The second-order valence-electron chi connectivity index (χ2n) is 6.39. The molecular weight excluding hydrogens is 350 g/mol. The number of hydrogen-bond acceptors (Lipinski definition) is 8. The van der Waals surface area contributed by atoms with E-state index in [9.17, 15) is 20.1 Å². The van der Waals surface area contributed by atoms with Gasteiger partial charge in [-0.25, -0.2) is 15.0 Å². The molecule has 3 heterocycles. The van der Waals surface area contributed by atoms with Crippen LogP contribution < -0.4 is 5.56 Å². The third-order valence-electron chi connectivity index (χ3n) is 4.55. The molecule has 3 aromatic rings. The van der Waals surface area contributed by atoms with Gasteiger partial charge < -0.3 is 20.3 Å². The first-order valence-electron chi connectivity index (χ1n) is 8.35. The van der Waals surface area contributed by atoms with Crippen molar-refractivity contribution in [2.45, 2.75) is 19.5 Å². The first kappa shape index (κ1) is 17.0. The molecule has 0 saturated carbocycles. The molecule has 0 fully saturated rings. The van der Waals surface area contributed by atoms with Crippen molar-refractivity contribution in [3.63, 3.8) is 0 Å². The highest BCUT2D eigenvalue weighted by molar-refractivity contribution is 5.52. The van der Waals surface area contributed by atoms with Crippen molar-refractivity contribution in [2.75, 3.05) is 6.54 Å². The number of H-pyrrole nitrogens is 1. The summed E-state index contributed by atoms with van der Waals surface area (Å²) in [5.74, 6) is -0.160. The Morgan fingerprint density at radius 3 is 2.52 bits per heavy atom. The van der Waals surface area contributed by atoms with Crippen LogP contribution in [0.15, 0.2) is 35.6 Å². The molecule has 1 aliphatic rings. The van der Waals surface area contributed by atoms with Crippen molar-refractivity contribution in [1.82, 2.24) is 24.8 Å². The minimum atomic E-state index is -0.234. The monoisotopic (exact) mass is 367 g/mol. The maximum absolute atomic E-state index is 12.5. The Labute approximate surface area is 153 Å². The molecule has 2 aromatic heterocycles. The Kier molecular flexibility index (Phi) is 4.21. The van der Waals surface area contributed by atoms with Gasteiger partial charge in [0.25, 0.3) is 5.56 Å². The minimum Gasteiger partial charge on any atom is -0.508 e. The predicted molar refractivity (Wildman–Crippen MR) is 95.1 cm³/mol. The molecule has 4 N–H and O–H groups in total. The number of nitrogens with one attached hydrogen (secondary N) is 1. The lowest BCUT2D eigenvalue weighted by Crippen LogP contribution is -2.35. The molecule has 0 bridgehead atoms. The number of aromatic amines is 1. The number of fused-ring (bicyclic) bond motifs is 1. The van der Waals surface area contributed by atoms with Crippen molar-refractivity contribution in [3.05, 3.63) is 58.0 Å². The molecule has 1 aliphatic heterocycles. The Morgan fingerprint density at radius 1 is 1.11 bits per heavy atom. The van der Waals surface area contributed by atoms with E-state index in [0.29, 0.717) is 47.7 Å². The largest absolute Gasteiger partial charge is 0.508 e. The van der Waals surface area contributed by atoms with Gasteiger partial charge in [0.15, 0.2) is 0 Å². The molecule has 0 aliphatic carbocycles. The van der Waals surface area contributed by atoms with Crippen LogP contribution in [0.1, 0.15) is 16.8 Å². The van der Waals surface area contributed by atoms with E-state index in [-0.39, 0.29) is 29.4 Å². The van der Waals surface area contributed by atoms with Gasteiger partial charge in [-0.15, -0.1) is 0 Å². The van der Waals surface area contributed by atoms with Crippen molar-refractivity contribution in [3.8, 4) is 28.6 Å². The third-order valence-corrected chi connectivity index (χ3v) is 4.55. The highest BCUT2D eigenvalue weighted by atomic mass is 16.3. The van der Waals surface area contributed by atoms with Crippen LogP contribution in [0.3, 0.4) is 0 Å². The van der Waals surface area contributed by atoms with Gasteiger partial charge in [0.2, 0.25) is 0 Å². The molecule has 0 saturated heterocycles. The molecule has 0 spiro atoms. The fourth-order valence-electron chi connectivity index (χ4n) is 3.19. The van der Waals surface area contributed by atoms with Crippen LogP contribution in [0.4, 0.5) is 0 Å². The quantitative estimate of drug-likeness (QED) is 0.536. The van der Waals surface area contributed by atoms with Gasteiger partial charge in [-0.3, -0.25) is 9.69 Å². The number of benzene rings is 1.